The van der Waals surface area contributed by atoms with Crippen molar-refractivity contribution in [2.24, 2.45) is 10.9 Å². The lowest BCUT2D eigenvalue weighted by atomic mass is 10.0. The maximum atomic E-state index is 8.72. The lowest BCUT2D eigenvalue weighted by Gasteiger charge is -2.32. The Bertz CT molecular complexity index is 452. The van der Waals surface area contributed by atoms with Crippen molar-refractivity contribution in [3.05, 3.63) is 17.8 Å². The third-order valence-corrected chi connectivity index (χ3v) is 3.40. The molecular weight excluding hydrogens is 246 g/mol. The average molecular weight is 265 g/mol. The van der Waals surface area contributed by atoms with Gasteiger partial charge in [-0.3, -0.25) is 0 Å². The first-order valence-corrected chi connectivity index (χ1v) is 6.35. The second-order valence-corrected chi connectivity index (χ2v) is 4.68. The van der Waals surface area contributed by atoms with Crippen molar-refractivity contribution < 1.29 is 9.94 Å². The predicted molar refractivity (Wildman–Crippen MR) is 70.3 cm³/mol. The number of amidine groups is 1. The van der Waals surface area contributed by atoms with Gasteiger partial charge in [-0.1, -0.05) is 11.6 Å². The van der Waals surface area contributed by atoms with E-state index >= 15 is 0 Å². The predicted octanol–water partition coefficient (Wildman–Crippen LogP) is 0.434. The number of likely N-dealkylation sites (tertiary alicyclic amines) is 1. The first-order chi connectivity index (χ1) is 9.22. The zero-order chi connectivity index (χ0) is 13.7. The first-order valence-electron chi connectivity index (χ1n) is 6.35. The lowest BCUT2D eigenvalue weighted by Crippen LogP contribution is -2.40. The zero-order valence-corrected chi connectivity index (χ0v) is 11.0. The normalized spacial score (nSPS) is 21.3. The van der Waals surface area contributed by atoms with Crippen molar-refractivity contribution in [2.75, 3.05) is 20.2 Å². The van der Waals surface area contributed by atoms with Crippen molar-refractivity contribution in [3.63, 3.8) is 0 Å². The Labute approximate surface area is 112 Å². The number of likely N-dealkylation sites (N-methyl/N-ethyl adjacent to an activating group) is 1. The van der Waals surface area contributed by atoms with E-state index in [1.165, 1.54) is 19.0 Å². The van der Waals surface area contributed by atoms with E-state index in [4.69, 9.17) is 15.7 Å². The monoisotopic (exact) mass is 265 g/mol. The maximum Gasteiger partial charge on any atom is 0.244 e. The number of rotatable bonds is 4. The summed E-state index contributed by atoms with van der Waals surface area (Å²) >= 11 is 0. The fourth-order valence-corrected chi connectivity index (χ4v) is 2.20. The number of hydrogen-bond acceptors (Lipinski definition) is 6. The Morgan fingerprint density at radius 1 is 1.63 bits per heavy atom. The average Bonchev–Trinajstić information content (AvgIpc) is 2.46. The largest absolute Gasteiger partial charge is 0.474 e. The van der Waals surface area contributed by atoms with Crippen molar-refractivity contribution >= 4 is 5.84 Å². The van der Waals surface area contributed by atoms with Crippen LogP contribution in [-0.4, -0.2) is 52.4 Å². The van der Waals surface area contributed by atoms with Crippen LogP contribution in [-0.2, 0) is 0 Å². The SMILES string of the molecule is CN1CCCCC1COc1nnccc1/C(N)=N/O. The molecule has 1 aromatic heterocycles. The summed E-state index contributed by atoms with van der Waals surface area (Å²) in [6.07, 6.45) is 5.03. The summed E-state index contributed by atoms with van der Waals surface area (Å²) in [5.41, 5.74) is 6.03. The third-order valence-electron chi connectivity index (χ3n) is 3.40. The van der Waals surface area contributed by atoms with Crippen LogP contribution < -0.4 is 10.5 Å². The minimum absolute atomic E-state index is 0.0260. The Hall–Kier alpha value is -1.89. The molecule has 1 aliphatic rings. The highest BCUT2D eigenvalue weighted by Gasteiger charge is 2.20. The van der Waals surface area contributed by atoms with E-state index in [2.05, 4.69) is 27.3 Å². The molecule has 0 bridgehead atoms. The minimum atomic E-state index is -0.0260. The Morgan fingerprint density at radius 3 is 3.21 bits per heavy atom. The van der Waals surface area contributed by atoms with Crippen LogP contribution in [0.15, 0.2) is 17.4 Å². The van der Waals surface area contributed by atoms with Gasteiger partial charge in [0, 0.05) is 6.04 Å². The summed E-state index contributed by atoms with van der Waals surface area (Å²) in [5.74, 6) is 0.277. The molecule has 0 radical (unpaired) electrons. The molecule has 0 aliphatic carbocycles. The van der Waals surface area contributed by atoms with Crippen LogP contribution >= 0.6 is 0 Å². The number of ether oxygens (including phenoxy) is 1. The number of aromatic nitrogens is 2. The molecule has 3 N–H and O–H groups in total. The van der Waals surface area contributed by atoms with E-state index in [0.29, 0.717) is 24.1 Å². The molecule has 7 nitrogen and oxygen atoms in total. The van der Waals surface area contributed by atoms with Gasteiger partial charge in [0.05, 0.1) is 11.8 Å². The molecule has 1 aromatic rings. The molecule has 2 heterocycles. The fourth-order valence-electron chi connectivity index (χ4n) is 2.20. The van der Waals surface area contributed by atoms with Crippen LogP contribution in [0.2, 0.25) is 0 Å². The van der Waals surface area contributed by atoms with Crippen molar-refractivity contribution in [2.45, 2.75) is 25.3 Å². The maximum absolute atomic E-state index is 8.72. The quantitative estimate of drug-likeness (QED) is 0.355. The molecule has 2 rings (SSSR count). The highest BCUT2D eigenvalue weighted by Crippen LogP contribution is 2.18. The van der Waals surface area contributed by atoms with E-state index < -0.39 is 0 Å². The molecule has 0 saturated carbocycles. The van der Waals surface area contributed by atoms with Gasteiger partial charge in [0.15, 0.2) is 5.84 Å². The van der Waals surface area contributed by atoms with E-state index in [-0.39, 0.29) is 5.84 Å². The van der Waals surface area contributed by atoms with Crippen LogP contribution in [0.4, 0.5) is 0 Å². The molecule has 1 atom stereocenters. The minimum Gasteiger partial charge on any atom is -0.474 e. The van der Waals surface area contributed by atoms with Crippen molar-refractivity contribution in [1.82, 2.24) is 15.1 Å². The highest BCUT2D eigenvalue weighted by molar-refractivity contribution is 5.98. The van der Waals surface area contributed by atoms with Gasteiger partial charge >= 0.3 is 0 Å². The standard InChI is InChI=1S/C12H19N5O2/c1-17-7-3-2-4-9(17)8-19-12-10(11(13)16-18)5-6-14-15-12/h5-6,9,18H,2-4,7-8H2,1H3,(H2,13,16). The molecule has 104 valence electrons. The van der Waals surface area contributed by atoms with E-state index in [9.17, 15) is 0 Å². The van der Waals surface area contributed by atoms with Gasteiger partial charge in [0.1, 0.15) is 6.61 Å². The van der Waals surface area contributed by atoms with E-state index in [1.807, 2.05) is 0 Å². The Balaban J connectivity index is 2.03. The highest BCUT2D eigenvalue weighted by atomic mass is 16.5. The number of nitrogens with zero attached hydrogens (tertiary/aromatic N) is 4. The van der Waals surface area contributed by atoms with Crippen molar-refractivity contribution in [1.29, 1.82) is 0 Å². The molecule has 0 amide bonds. The molecule has 0 aromatic carbocycles. The summed E-state index contributed by atoms with van der Waals surface area (Å²) in [5, 5.41) is 19.3. The second-order valence-electron chi connectivity index (χ2n) is 4.68. The molecule has 1 fully saturated rings. The number of hydrogen-bond donors (Lipinski definition) is 2. The summed E-state index contributed by atoms with van der Waals surface area (Å²) in [7, 11) is 2.09. The van der Waals surface area contributed by atoms with Gasteiger partial charge in [-0.05, 0) is 32.5 Å². The Kier molecular flexibility index (Phi) is 4.51. The summed E-state index contributed by atoms with van der Waals surface area (Å²) in [4.78, 5) is 2.28. The van der Waals surface area contributed by atoms with E-state index in [0.717, 1.165) is 13.0 Å². The van der Waals surface area contributed by atoms with E-state index in [1.54, 1.807) is 6.07 Å². The fraction of sp³-hybridized carbons (Fsp3) is 0.583. The van der Waals surface area contributed by atoms with Crippen LogP contribution in [0.25, 0.3) is 0 Å². The van der Waals surface area contributed by atoms with Crippen LogP contribution in [0.3, 0.4) is 0 Å². The summed E-state index contributed by atoms with van der Waals surface area (Å²) in [6, 6.07) is 1.98. The second kappa shape index (κ2) is 6.33. The number of oxime groups is 1. The molecule has 19 heavy (non-hydrogen) atoms. The van der Waals surface area contributed by atoms with Gasteiger partial charge in [0.2, 0.25) is 5.88 Å². The number of nitrogens with two attached hydrogens (primary N) is 1. The van der Waals surface area contributed by atoms with Crippen LogP contribution in [0.1, 0.15) is 24.8 Å². The molecule has 0 spiro atoms. The van der Waals surface area contributed by atoms with Gasteiger partial charge < -0.3 is 20.6 Å². The van der Waals surface area contributed by atoms with Gasteiger partial charge in [0.25, 0.3) is 0 Å². The number of piperidine rings is 1. The molecule has 1 saturated heterocycles. The Morgan fingerprint density at radius 2 is 2.47 bits per heavy atom. The van der Waals surface area contributed by atoms with Crippen molar-refractivity contribution in [3.8, 4) is 5.88 Å². The molecule has 1 aliphatic heterocycles. The topological polar surface area (TPSA) is 96.9 Å². The molecular formula is C12H19N5O2. The van der Waals surface area contributed by atoms with Gasteiger partial charge in [-0.2, -0.15) is 5.10 Å². The molecule has 7 heteroatoms. The smallest absolute Gasteiger partial charge is 0.244 e. The van der Waals surface area contributed by atoms with Gasteiger partial charge in [-0.25, -0.2) is 0 Å². The summed E-state index contributed by atoms with van der Waals surface area (Å²) < 4.78 is 5.68. The van der Waals surface area contributed by atoms with Gasteiger partial charge in [-0.15, -0.1) is 5.10 Å². The zero-order valence-electron chi connectivity index (χ0n) is 11.0. The first kappa shape index (κ1) is 13.5. The lowest BCUT2D eigenvalue weighted by molar-refractivity contribution is 0.122. The third kappa shape index (κ3) is 3.31. The summed E-state index contributed by atoms with van der Waals surface area (Å²) in [6.45, 7) is 1.61. The molecule has 1 unspecified atom stereocenters. The van der Waals surface area contributed by atoms with Crippen LogP contribution in [0.5, 0.6) is 5.88 Å². The van der Waals surface area contributed by atoms with Crippen LogP contribution in [0, 0.1) is 0 Å².